The minimum atomic E-state index is -0.456. The van der Waals surface area contributed by atoms with Crippen molar-refractivity contribution in [2.45, 2.75) is 19.4 Å². The first-order chi connectivity index (χ1) is 10.0. The Morgan fingerprint density at radius 1 is 1.05 bits per heavy atom. The molecule has 0 fully saturated rings. The lowest BCUT2D eigenvalue weighted by molar-refractivity contribution is 0.542. The van der Waals surface area contributed by atoms with Crippen molar-refractivity contribution >= 4 is 23.2 Å². The smallest absolute Gasteiger partial charge is 0.142 e. The molecule has 0 aromatic heterocycles. The summed E-state index contributed by atoms with van der Waals surface area (Å²) in [6.07, 6.45) is 0.536. The van der Waals surface area contributed by atoms with E-state index in [0.717, 1.165) is 11.1 Å². The topological polar surface area (TPSA) is 12.0 Å². The molecule has 2 aromatic carbocycles. The maximum Gasteiger partial charge on any atom is 0.142 e. The Bertz CT molecular complexity index is 632. The molecular weight excluding hydrogens is 315 g/mol. The van der Waals surface area contributed by atoms with Crippen molar-refractivity contribution in [2.24, 2.45) is 0 Å². The molecule has 1 unspecified atom stereocenters. The second-order valence-corrected chi connectivity index (χ2v) is 5.54. The lowest BCUT2D eigenvalue weighted by Gasteiger charge is -2.19. The molecule has 2 rings (SSSR count). The van der Waals surface area contributed by atoms with E-state index < -0.39 is 5.82 Å². The molecule has 1 atom stereocenters. The Kier molecular flexibility index (Phi) is 5.57. The van der Waals surface area contributed by atoms with E-state index in [1.807, 2.05) is 6.92 Å². The summed E-state index contributed by atoms with van der Waals surface area (Å²) >= 11 is 11.8. The Morgan fingerprint density at radius 3 is 2.43 bits per heavy atom. The highest BCUT2D eigenvalue weighted by Crippen LogP contribution is 2.26. The summed E-state index contributed by atoms with van der Waals surface area (Å²) in [7, 11) is 0. The van der Waals surface area contributed by atoms with Crippen LogP contribution in [0, 0.1) is 11.6 Å². The summed E-state index contributed by atoms with van der Waals surface area (Å²) in [5.74, 6) is -0.830. The van der Waals surface area contributed by atoms with Gasteiger partial charge in [0.15, 0.2) is 0 Å². The molecule has 112 valence electrons. The second kappa shape index (κ2) is 7.21. The van der Waals surface area contributed by atoms with E-state index in [4.69, 9.17) is 23.2 Å². The summed E-state index contributed by atoms with van der Waals surface area (Å²) < 4.78 is 26.7. The minimum Gasteiger partial charge on any atom is -0.310 e. The molecule has 0 saturated heterocycles. The average molecular weight is 330 g/mol. The number of rotatable bonds is 5. The predicted molar refractivity (Wildman–Crippen MR) is 82.9 cm³/mol. The van der Waals surface area contributed by atoms with Crippen molar-refractivity contribution in [1.29, 1.82) is 0 Å². The van der Waals surface area contributed by atoms with E-state index in [1.165, 1.54) is 24.3 Å². The molecule has 1 N–H and O–H groups in total. The van der Waals surface area contributed by atoms with Crippen LogP contribution in [-0.2, 0) is 6.42 Å². The Morgan fingerprint density at radius 2 is 1.81 bits per heavy atom. The normalized spacial score (nSPS) is 12.4. The molecule has 0 amide bonds. The van der Waals surface area contributed by atoms with Gasteiger partial charge in [-0.15, -0.1) is 0 Å². The van der Waals surface area contributed by atoms with Crippen molar-refractivity contribution in [3.05, 3.63) is 69.2 Å². The molecule has 5 heteroatoms. The van der Waals surface area contributed by atoms with Crippen LogP contribution in [0.5, 0.6) is 0 Å². The molecule has 0 spiro atoms. The van der Waals surface area contributed by atoms with Gasteiger partial charge in [0.2, 0.25) is 0 Å². The van der Waals surface area contributed by atoms with Crippen molar-refractivity contribution in [2.75, 3.05) is 6.54 Å². The lowest BCUT2D eigenvalue weighted by atomic mass is 9.98. The van der Waals surface area contributed by atoms with Crippen molar-refractivity contribution in [1.82, 2.24) is 5.32 Å². The van der Waals surface area contributed by atoms with Crippen molar-refractivity contribution in [3.8, 4) is 0 Å². The largest absolute Gasteiger partial charge is 0.310 e. The van der Waals surface area contributed by atoms with Gasteiger partial charge in [0, 0.05) is 11.1 Å². The molecule has 0 aliphatic heterocycles. The molecule has 0 bridgehead atoms. The van der Waals surface area contributed by atoms with Gasteiger partial charge in [0.1, 0.15) is 11.6 Å². The molecule has 0 heterocycles. The van der Waals surface area contributed by atoms with Crippen LogP contribution >= 0.6 is 23.2 Å². The first kappa shape index (κ1) is 16.2. The van der Waals surface area contributed by atoms with Crippen LogP contribution in [0.2, 0.25) is 10.0 Å². The highest BCUT2D eigenvalue weighted by Gasteiger charge is 2.15. The van der Waals surface area contributed by atoms with Gasteiger partial charge >= 0.3 is 0 Å². The molecule has 2 aromatic rings. The molecule has 0 aliphatic rings. The van der Waals surface area contributed by atoms with Gasteiger partial charge < -0.3 is 5.32 Å². The van der Waals surface area contributed by atoms with Crippen molar-refractivity contribution in [3.63, 3.8) is 0 Å². The van der Waals surface area contributed by atoms with E-state index in [9.17, 15) is 8.78 Å². The fraction of sp³-hybridized carbons (Fsp3) is 0.250. The van der Waals surface area contributed by atoms with Gasteiger partial charge in [-0.25, -0.2) is 8.78 Å². The van der Waals surface area contributed by atoms with Crippen LogP contribution in [0.15, 0.2) is 36.4 Å². The third-order valence-corrected chi connectivity index (χ3v) is 3.89. The Labute approximate surface area is 132 Å². The minimum absolute atomic E-state index is 0.0915. The van der Waals surface area contributed by atoms with Gasteiger partial charge in [0.05, 0.1) is 5.02 Å². The zero-order valence-electron chi connectivity index (χ0n) is 11.5. The fourth-order valence-electron chi connectivity index (χ4n) is 2.19. The number of hydrogen-bond donors (Lipinski definition) is 1. The maximum atomic E-state index is 13.6. The second-order valence-electron chi connectivity index (χ2n) is 4.72. The third kappa shape index (κ3) is 4.16. The molecule has 21 heavy (non-hydrogen) atoms. The van der Waals surface area contributed by atoms with E-state index in [1.54, 1.807) is 12.1 Å². The highest BCUT2D eigenvalue weighted by molar-refractivity contribution is 6.31. The van der Waals surface area contributed by atoms with Gasteiger partial charge in [-0.05, 0) is 48.4 Å². The number of hydrogen-bond acceptors (Lipinski definition) is 1. The Hall–Kier alpha value is -1.16. The average Bonchev–Trinajstić information content (AvgIpc) is 2.44. The summed E-state index contributed by atoms with van der Waals surface area (Å²) in [6, 6.07) is 8.89. The summed E-state index contributed by atoms with van der Waals surface area (Å²) in [4.78, 5) is 0. The predicted octanol–water partition coefficient (Wildman–Crippen LogP) is 5.16. The third-order valence-electron chi connectivity index (χ3n) is 3.24. The van der Waals surface area contributed by atoms with Gasteiger partial charge in [-0.1, -0.05) is 42.3 Å². The molecule has 0 aliphatic carbocycles. The van der Waals surface area contributed by atoms with E-state index in [-0.39, 0.29) is 16.9 Å². The highest BCUT2D eigenvalue weighted by atomic mass is 35.5. The van der Waals surface area contributed by atoms with Crippen LogP contribution in [0.3, 0.4) is 0 Å². The monoisotopic (exact) mass is 329 g/mol. The molecular formula is C16H15Cl2F2N. The van der Waals surface area contributed by atoms with Crippen molar-refractivity contribution < 1.29 is 8.78 Å². The van der Waals surface area contributed by atoms with E-state index in [0.29, 0.717) is 18.0 Å². The first-order valence-electron chi connectivity index (χ1n) is 6.63. The van der Waals surface area contributed by atoms with Gasteiger partial charge in [0.25, 0.3) is 0 Å². The van der Waals surface area contributed by atoms with Crippen LogP contribution < -0.4 is 5.32 Å². The summed E-state index contributed by atoms with van der Waals surface area (Å²) in [6.45, 7) is 2.68. The van der Waals surface area contributed by atoms with E-state index >= 15 is 0 Å². The number of benzene rings is 2. The van der Waals surface area contributed by atoms with Gasteiger partial charge in [-0.3, -0.25) is 0 Å². The zero-order chi connectivity index (χ0) is 15.4. The standard InChI is InChI=1S/C16H15Cl2F2N/c1-2-21-16(11-4-6-13(17)15(20)7-11)8-10-3-5-12(19)9-14(10)18/h3-7,9,16,21H,2,8H2,1H3. The molecule has 1 nitrogen and oxygen atoms in total. The molecule has 0 saturated carbocycles. The first-order valence-corrected chi connectivity index (χ1v) is 7.39. The SMILES string of the molecule is CCNC(Cc1ccc(F)cc1Cl)c1ccc(Cl)c(F)c1. The van der Waals surface area contributed by atoms with E-state index in [2.05, 4.69) is 5.32 Å². The summed E-state index contributed by atoms with van der Waals surface area (Å²) in [5.41, 5.74) is 1.58. The van der Waals surface area contributed by atoms with Crippen LogP contribution in [0.1, 0.15) is 24.1 Å². The van der Waals surface area contributed by atoms with Crippen LogP contribution in [-0.4, -0.2) is 6.54 Å². The van der Waals surface area contributed by atoms with Gasteiger partial charge in [-0.2, -0.15) is 0 Å². The number of halogens is 4. The quantitative estimate of drug-likeness (QED) is 0.798. The Balaban J connectivity index is 2.28. The maximum absolute atomic E-state index is 13.6. The fourth-order valence-corrected chi connectivity index (χ4v) is 2.55. The zero-order valence-corrected chi connectivity index (χ0v) is 13.0. The lowest BCUT2D eigenvalue weighted by Crippen LogP contribution is -2.23. The summed E-state index contributed by atoms with van der Waals surface area (Å²) in [5, 5.41) is 3.73. The number of nitrogens with one attached hydrogen (secondary N) is 1. The molecule has 0 radical (unpaired) electrons. The number of likely N-dealkylation sites (N-methyl/N-ethyl adjacent to an activating group) is 1. The van der Waals surface area contributed by atoms with Crippen LogP contribution in [0.4, 0.5) is 8.78 Å². The van der Waals surface area contributed by atoms with Crippen LogP contribution in [0.25, 0.3) is 0 Å².